The third-order valence-electron chi connectivity index (χ3n) is 3.88. The van der Waals surface area contributed by atoms with Crippen LogP contribution in [0.25, 0.3) is 32.8 Å². The quantitative estimate of drug-likeness (QED) is 0.508. The molecule has 0 atom stereocenters. The van der Waals surface area contributed by atoms with Gasteiger partial charge in [0.05, 0.1) is 0 Å². The average molecular weight is 350 g/mol. The fraction of sp³-hybridized carbons (Fsp3) is 0. The van der Waals surface area contributed by atoms with E-state index in [0.29, 0.717) is 0 Å². The van der Waals surface area contributed by atoms with E-state index in [1.54, 1.807) is 6.07 Å². The second-order valence-electron chi connectivity index (χ2n) is 5.26. The zero-order chi connectivity index (χ0) is 15.1. The Labute approximate surface area is 135 Å². The minimum atomic E-state index is -0.0854. The van der Waals surface area contributed by atoms with E-state index in [-0.39, 0.29) is 5.56 Å². The molecule has 3 aromatic carbocycles. The Hall–Kier alpha value is -2.39. The number of hydrogen-bond donors (Lipinski definition) is 1. The summed E-state index contributed by atoms with van der Waals surface area (Å²) < 4.78 is 0.994. The molecule has 1 aromatic heterocycles. The summed E-state index contributed by atoms with van der Waals surface area (Å²) in [5.74, 6) is 0. The summed E-state index contributed by atoms with van der Waals surface area (Å²) in [4.78, 5) is 14.9. The highest BCUT2D eigenvalue weighted by atomic mass is 79.9. The molecule has 1 N–H and O–H groups in total. The lowest BCUT2D eigenvalue weighted by atomic mass is 9.96. The summed E-state index contributed by atoms with van der Waals surface area (Å²) >= 11 is 3.52. The van der Waals surface area contributed by atoms with Crippen molar-refractivity contribution >= 4 is 37.6 Å². The number of rotatable bonds is 1. The molecule has 22 heavy (non-hydrogen) atoms. The Balaban J connectivity index is 2.16. The molecule has 3 heteroatoms. The van der Waals surface area contributed by atoms with Crippen molar-refractivity contribution in [3.63, 3.8) is 0 Å². The van der Waals surface area contributed by atoms with Crippen LogP contribution >= 0.6 is 15.9 Å². The van der Waals surface area contributed by atoms with Gasteiger partial charge in [-0.1, -0.05) is 58.4 Å². The highest BCUT2D eigenvalue weighted by Crippen LogP contribution is 2.33. The number of H-pyrrole nitrogens is 1. The summed E-state index contributed by atoms with van der Waals surface area (Å²) in [7, 11) is 0. The number of aromatic amines is 1. The van der Waals surface area contributed by atoms with E-state index < -0.39 is 0 Å². The van der Waals surface area contributed by atoms with Crippen LogP contribution in [-0.4, -0.2) is 4.98 Å². The Kier molecular flexibility index (Phi) is 3.09. The summed E-state index contributed by atoms with van der Waals surface area (Å²) in [5, 5.41) is 3.35. The van der Waals surface area contributed by atoms with Crippen LogP contribution < -0.4 is 5.56 Å². The number of nitrogens with one attached hydrogen (secondary N) is 1. The molecular weight excluding hydrogens is 338 g/mol. The molecule has 0 unspecified atom stereocenters. The third kappa shape index (κ3) is 2.14. The van der Waals surface area contributed by atoms with E-state index in [1.807, 2.05) is 36.4 Å². The first-order chi connectivity index (χ1) is 10.7. The van der Waals surface area contributed by atoms with E-state index in [1.165, 1.54) is 5.39 Å². The van der Waals surface area contributed by atoms with Crippen LogP contribution in [0.5, 0.6) is 0 Å². The van der Waals surface area contributed by atoms with Gasteiger partial charge < -0.3 is 4.98 Å². The molecule has 0 fully saturated rings. The predicted octanol–water partition coefficient (Wildman–Crippen LogP) is 5.11. The van der Waals surface area contributed by atoms with E-state index in [0.717, 1.165) is 31.9 Å². The van der Waals surface area contributed by atoms with Crippen LogP contribution in [0.3, 0.4) is 0 Å². The number of pyridine rings is 1. The number of benzene rings is 3. The first-order valence-electron chi connectivity index (χ1n) is 7.03. The van der Waals surface area contributed by atoms with Gasteiger partial charge in [0.15, 0.2) is 0 Å². The van der Waals surface area contributed by atoms with Crippen LogP contribution in [0, 0.1) is 0 Å². The number of aromatic nitrogens is 1. The molecule has 2 nitrogen and oxygen atoms in total. The maximum Gasteiger partial charge on any atom is 0.249 e. The zero-order valence-corrected chi connectivity index (χ0v) is 13.2. The molecule has 0 aliphatic rings. The second-order valence-corrected chi connectivity index (χ2v) is 6.18. The smallest absolute Gasteiger partial charge is 0.249 e. The zero-order valence-electron chi connectivity index (χ0n) is 11.6. The lowest BCUT2D eigenvalue weighted by Crippen LogP contribution is -2.04. The van der Waals surface area contributed by atoms with Gasteiger partial charge in [-0.3, -0.25) is 4.79 Å². The number of fused-ring (bicyclic) bond motifs is 2. The van der Waals surface area contributed by atoms with Gasteiger partial charge in [-0.2, -0.15) is 0 Å². The van der Waals surface area contributed by atoms with Crippen molar-refractivity contribution < 1.29 is 0 Å². The number of halogens is 1. The van der Waals surface area contributed by atoms with Crippen LogP contribution in [0.15, 0.2) is 76.0 Å². The summed E-state index contributed by atoms with van der Waals surface area (Å²) in [6, 6.07) is 22.0. The minimum absolute atomic E-state index is 0.0854. The molecular formula is C19H12BrNO. The van der Waals surface area contributed by atoms with Crippen LogP contribution in [0.1, 0.15) is 0 Å². The third-order valence-corrected chi connectivity index (χ3v) is 4.38. The second kappa shape index (κ2) is 5.11. The highest BCUT2D eigenvalue weighted by molar-refractivity contribution is 9.10. The minimum Gasteiger partial charge on any atom is -0.322 e. The summed E-state index contributed by atoms with van der Waals surface area (Å²) in [5.41, 5.74) is 2.79. The van der Waals surface area contributed by atoms with E-state index in [2.05, 4.69) is 45.2 Å². The first kappa shape index (κ1) is 13.3. The van der Waals surface area contributed by atoms with Gasteiger partial charge in [0.1, 0.15) is 0 Å². The van der Waals surface area contributed by atoms with Crippen LogP contribution in [0.4, 0.5) is 0 Å². The number of hydrogen-bond acceptors (Lipinski definition) is 1. The van der Waals surface area contributed by atoms with Crippen LogP contribution in [0.2, 0.25) is 0 Å². The average Bonchev–Trinajstić information content (AvgIpc) is 2.54. The van der Waals surface area contributed by atoms with E-state index in [4.69, 9.17) is 0 Å². The standard InChI is InChI=1S/C19H12BrNO/c20-13-8-9-18-17(10-13)16(11-19(22)21-18)15-7-3-5-12-4-1-2-6-14(12)15/h1-11H,(H,21,22). The Bertz CT molecular complexity index is 1060. The van der Waals surface area contributed by atoms with Gasteiger partial charge in [0.25, 0.3) is 0 Å². The molecule has 1 heterocycles. The van der Waals surface area contributed by atoms with Gasteiger partial charge in [-0.15, -0.1) is 0 Å². The Morgan fingerprint density at radius 3 is 2.50 bits per heavy atom. The normalized spacial score (nSPS) is 11.1. The fourth-order valence-electron chi connectivity index (χ4n) is 2.91. The molecule has 0 saturated carbocycles. The first-order valence-corrected chi connectivity index (χ1v) is 7.82. The van der Waals surface area contributed by atoms with Crippen LogP contribution in [-0.2, 0) is 0 Å². The van der Waals surface area contributed by atoms with Crippen molar-refractivity contribution in [1.29, 1.82) is 0 Å². The molecule has 0 amide bonds. The molecule has 4 aromatic rings. The summed E-state index contributed by atoms with van der Waals surface area (Å²) in [6.45, 7) is 0. The largest absolute Gasteiger partial charge is 0.322 e. The molecule has 0 bridgehead atoms. The molecule has 0 spiro atoms. The molecule has 0 radical (unpaired) electrons. The van der Waals surface area contributed by atoms with E-state index >= 15 is 0 Å². The van der Waals surface area contributed by atoms with Gasteiger partial charge in [0.2, 0.25) is 5.56 Å². The van der Waals surface area contributed by atoms with Gasteiger partial charge in [-0.25, -0.2) is 0 Å². The fourth-order valence-corrected chi connectivity index (χ4v) is 3.27. The van der Waals surface area contributed by atoms with E-state index in [9.17, 15) is 4.79 Å². The SMILES string of the molecule is O=c1cc(-c2cccc3ccccc23)c2cc(Br)ccc2[nH]1. The predicted molar refractivity (Wildman–Crippen MR) is 95.2 cm³/mol. The lowest BCUT2D eigenvalue weighted by molar-refractivity contribution is 1.31. The molecule has 0 aliphatic heterocycles. The van der Waals surface area contributed by atoms with Crippen molar-refractivity contribution in [3.05, 3.63) is 81.6 Å². The van der Waals surface area contributed by atoms with Crippen molar-refractivity contribution in [2.75, 3.05) is 0 Å². The van der Waals surface area contributed by atoms with Gasteiger partial charge in [-0.05, 0) is 40.1 Å². The molecule has 4 rings (SSSR count). The maximum absolute atomic E-state index is 12.0. The monoisotopic (exact) mass is 349 g/mol. The van der Waals surface area contributed by atoms with Gasteiger partial charge in [0, 0.05) is 21.4 Å². The van der Waals surface area contributed by atoms with Crippen molar-refractivity contribution in [2.45, 2.75) is 0 Å². The van der Waals surface area contributed by atoms with Crippen molar-refractivity contribution in [3.8, 4) is 11.1 Å². The topological polar surface area (TPSA) is 32.9 Å². The Morgan fingerprint density at radius 2 is 1.59 bits per heavy atom. The van der Waals surface area contributed by atoms with Crippen molar-refractivity contribution in [2.24, 2.45) is 0 Å². The molecule has 0 aliphatic carbocycles. The molecule has 0 saturated heterocycles. The lowest BCUT2D eigenvalue weighted by Gasteiger charge is -2.10. The molecule has 106 valence electrons. The summed E-state index contributed by atoms with van der Waals surface area (Å²) in [6.07, 6.45) is 0. The van der Waals surface area contributed by atoms with Crippen molar-refractivity contribution in [1.82, 2.24) is 4.98 Å². The maximum atomic E-state index is 12.0. The van der Waals surface area contributed by atoms with Gasteiger partial charge >= 0.3 is 0 Å². The Morgan fingerprint density at radius 1 is 0.773 bits per heavy atom. The highest BCUT2D eigenvalue weighted by Gasteiger charge is 2.09.